The number of aromatic nitrogens is 3. The maximum absolute atomic E-state index is 15.1. The van der Waals surface area contributed by atoms with Crippen molar-refractivity contribution in [2.45, 2.75) is 217 Å². The average Bonchev–Trinajstić information content (AvgIpc) is 3.91. The third-order valence-corrected chi connectivity index (χ3v) is 18.1. The van der Waals surface area contributed by atoms with Crippen LogP contribution < -0.4 is 0 Å². The van der Waals surface area contributed by atoms with Crippen LogP contribution in [0.1, 0.15) is 137 Å². The molecule has 470 valence electrons. The molecule has 4 aliphatic heterocycles. The van der Waals surface area contributed by atoms with Gasteiger partial charge >= 0.3 is 11.9 Å². The molecule has 22 nitrogen and oxygen atoms in total. The number of rotatable bonds is 18. The summed E-state index contributed by atoms with van der Waals surface area (Å²) in [4.78, 5) is 43.7. The number of hydrogen-bond donors (Lipinski definition) is 5. The summed E-state index contributed by atoms with van der Waals surface area (Å²) in [5.41, 5.74) is -1.30. The Kier molecular flexibility index (Phi) is 23.8. The highest BCUT2D eigenvalue weighted by atomic mass is 19.1. The first-order valence-electron chi connectivity index (χ1n) is 29.5. The van der Waals surface area contributed by atoms with E-state index in [9.17, 15) is 39.9 Å². The third-order valence-electron chi connectivity index (χ3n) is 18.1. The molecule has 3 saturated heterocycles. The van der Waals surface area contributed by atoms with Crippen molar-refractivity contribution < 1.29 is 82.2 Å². The van der Waals surface area contributed by atoms with Gasteiger partial charge in [0.15, 0.2) is 19.2 Å². The van der Waals surface area contributed by atoms with Crippen molar-refractivity contribution in [2.75, 3.05) is 67.8 Å². The van der Waals surface area contributed by atoms with Crippen LogP contribution in [0.2, 0.25) is 0 Å². The number of halogens is 1. The predicted octanol–water partition coefficient (Wildman–Crippen LogP) is 4.18. The topological polar surface area (TPSA) is 267 Å². The van der Waals surface area contributed by atoms with Crippen molar-refractivity contribution in [3.63, 3.8) is 0 Å². The summed E-state index contributed by atoms with van der Waals surface area (Å²) in [7, 11) is 6.70. The van der Waals surface area contributed by atoms with E-state index in [0.717, 1.165) is 16.7 Å². The zero-order chi connectivity index (χ0) is 61.5. The number of carbonyl (C=O) groups excluding carboxylic acids is 3. The Hall–Kier alpha value is -4.08. The van der Waals surface area contributed by atoms with Crippen LogP contribution in [0.15, 0.2) is 36.5 Å². The minimum absolute atomic E-state index is 0.0717. The number of methoxy groups -OCH3 is 2. The molecule has 23 heteroatoms. The van der Waals surface area contributed by atoms with Gasteiger partial charge in [0.1, 0.15) is 48.8 Å². The SMILES string of the molecule is CC[C@H]1OC(=O)[C@H](C)[C@@H](OC2C[C@@](C)(OC)[C@@H](O)[C@H](C)O2)[C@H](C)[C@@H](OC2O[C@H](C)C[C@H](N(C)CCc3cn([C@H](CF)[C@H](OC)c4ccc(C5=CCN(C(=O)COC(C)=O)CC5)cc4)nn3)[C@H]2O)[C@](C)(O)C[C@@H](C)CN(C)[C@H](C)[C@@H](O)[C@]1(C)O. The lowest BCUT2D eigenvalue weighted by atomic mass is 9.77. The number of carbonyl (C=O) groups is 3. The fraction of sp³-hybridized carbons (Fsp3) is 0.783. The van der Waals surface area contributed by atoms with E-state index >= 15 is 4.39 Å². The maximum Gasteiger partial charge on any atom is 0.311 e. The number of hydrogen-bond acceptors (Lipinski definition) is 20. The molecule has 1 amide bonds. The molecule has 4 aliphatic rings. The van der Waals surface area contributed by atoms with Gasteiger partial charge in [-0.3, -0.25) is 14.4 Å². The molecule has 5 N–H and O–H groups in total. The molecule has 0 aliphatic carbocycles. The normalized spacial score (nSPS) is 37.2. The van der Waals surface area contributed by atoms with E-state index in [1.165, 1.54) is 32.7 Å². The number of benzene rings is 1. The first-order valence-corrected chi connectivity index (χ1v) is 29.5. The molecular weight excluding hydrogens is 1080 g/mol. The third kappa shape index (κ3) is 16.3. The van der Waals surface area contributed by atoms with Crippen molar-refractivity contribution in [3.8, 4) is 0 Å². The van der Waals surface area contributed by atoms with Crippen LogP contribution in [0.3, 0.4) is 0 Å². The van der Waals surface area contributed by atoms with Crippen molar-refractivity contribution >= 4 is 23.4 Å². The second-order valence-corrected chi connectivity index (χ2v) is 24.7. The molecule has 1 aromatic heterocycles. The lowest BCUT2D eigenvalue weighted by Crippen LogP contribution is -2.61. The molecule has 2 unspecified atom stereocenters. The average molecular weight is 1180 g/mol. The van der Waals surface area contributed by atoms with Crippen molar-refractivity contribution in [2.24, 2.45) is 17.8 Å². The number of alkyl halides is 1. The highest BCUT2D eigenvalue weighted by molar-refractivity contribution is 5.81. The molecule has 3 fully saturated rings. The zero-order valence-electron chi connectivity index (χ0n) is 51.6. The van der Waals surface area contributed by atoms with Crippen LogP contribution in [-0.4, -0.2) is 231 Å². The van der Waals surface area contributed by atoms with Crippen LogP contribution in [0.25, 0.3) is 5.57 Å². The van der Waals surface area contributed by atoms with Crippen LogP contribution in [-0.2, 0) is 58.7 Å². The minimum Gasteiger partial charge on any atom is -0.459 e. The monoisotopic (exact) mass is 1180 g/mol. The Bertz CT molecular complexity index is 2450. The van der Waals surface area contributed by atoms with E-state index in [1.807, 2.05) is 68.1 Å². The Morgan fingerprint density at radius 1 is 0.976 bits per heavy atom. The molecule has 2 aromatic rings. The summed E-state index contributed by atoms with van der Waals surface area (Å²) in [6, 6.07) is 5.70. The molecule has 0 radical (unpaired) electrons. The molecule has 83 heavy (non-hydrogen) atoms. The number of amides is 1. The summed E-state index contributed by atoms with van der Waals surface area (Å²) in [6.45, 7) is 19.2. The van der Waals surface area contributed by atoms with E-state index in [0.29, 0.717) is 51.1 Å². The number of aliphatic hydroxyl groups is 5. The van der Waals surface area contributed by atoms with E-state index in [2.05, 4.69) is 10.3 Å². The van der Waals surface area contributed by atoms with Gasteiger partial charge in [-0.15, -0.1) is 5.10 Å². The van der Waals surface area contributed by atoms with Crippen molar-refractivity contribution in [1.82, 2.24) is 29.7 Å². The highest BCUT2D eigenvalue weighted by Gasteiger charge is 2.53. The van der Waals surface area contributed by atoms with Gasteiger partial charge in [-0.05, 0) is 111 Å². The van der Waals surface area contributed by atoms with Crippen molar-refractivity contribution in [1.29, 1.82) is 0 Å². The Balaban J connectivity index is 1.21. The van der Waals surface area contributed by atoms with Crippen LogP contribution >= 0.6 is 0 Å². The number of cyclic esters (lactones) is 1. The standard InChI is InChI=1S/C60H97FN6O16/c1-16-47-60(11,75)53(71)38(6)65(13)31-34(2)28-58(9,74)55(36(4)51(37(5)56(73)81-47)82-49-29-59(10,77-15)54(72)39(7)80-49)83-57-50(70)45(27-35(3)79-57)64(12)24-23-44-32-67(63-62-44)46(30-61)52(76-14)43-19-17-41(18-20-43)42-21-25-66(26-22-42)48(69)33-78-40(8)68/h17-21,32,34-39,45-47,49-55,57,70-72,74-75H,16,22-31,33H2,1-15H3/t34-,35-,36+,37-,38-,39+,45+,46-,47-,49?,50-,51+,52-,53-,54+,55-,57?,58-,59-,60-/m1/s1. The summed E-state index contributed by atoms with van der Waals surface area (Å²) < 4.78 is 65.7. The van der Waals surface area contributed by atoms with Crippen molar-refractivity contribution in [3.05, 3.63) is 53.4 Å². The number of likely N-dealkylation sites (N-methyl/N-ethyl adjacent to an activating group) is 2. The fourth-order valence-corrected chi connectivity index (χ4v) is 12.8. The molecule has 0 spiro atoms. The van der Waals surface area contributed by atoms with E-state index in [4.69, 9.17) is 37.9 Å². The lowest BCUT2D eigenvalue weighted by molar-refractivity contribution is -0.318. The molecule has 6 rings (SSSR count). The number of nitrogens with zero attached hydrogens (tertiary/aromatic N) is 6. The molecule has 0 bridgehead atoms. The molecule has 5 heterocycles. The van der Waals surface area contributed by atoms with E-state index < -0.39 is 133 Å². The molecule has 20 atom stereocenters. The number of ether oxygens (including phenoxy) is 8. The minimum atomic E-state index is -1.87. The van der Waals surface area contributed by atoms with Gasteiger partial charge in [0.25, 0.3) is 5.91 Å². The van der Waals surface area contributed by atoms with Gasteiger partial charge in [0.2, 0.25) is 0 Å². The second-order valence-electron chi connectivity index (χ2n) is 24.7. The van der Waals surface area contributed by atoms with E-state index in [1.54, 1.807) is 59.6 Å². The Morgan fingerprint density at radius 3 is 2.27 bits per heavy atom. The first-order chi connectivity index (χ1) is 39.0. The van der Waals surface area contributed by atoms with Gasteiger partial charge in [-0.2, -0.15) is 0 Å². The smallest absolute Gasteiger partial charge is 0.311 e. The fourth-order valence-electron chi connectivity index (χ4n) is 12.8. The molecular formula is C60H97FN6O16. The number of esters is 2. The van der Waals surface area contributed by atoms with Gasteiger partial charge < -0.3 is 78.1 Å². The maximum atomic E-state index is 15.1. The van der Waals surface area contributed by atoms with Gasteiger partial charge in [-0.1, -0.05) is 56.3 Å². The van der Waals surface area contributed by atoms with Crippen LogP contribution in [0.5, 0.6) is 0 Å². The van der Waals surface area contributed by atoms with E-state index in [-0.39, 0.29) is 37.7 Å². The number of aliphatic hydroxyl groups excluding tert-OH is 3. The summed E-state index contributed by atoms with van der Waals surface area (Å²) >= 11 is 0. The lowest BCUT2D eigenvalue weighted by Gasteiger charge is -2.49. The Morgan fingerprint density at radius 2 is 1.66 bits per heavy atom. The highest BCUT2D eigenvalue weighted by Crippen LogP contribution is 2.41. The largest absolute Gasteiger partial charge is 0.459 e. The van der Waals surface area contributed by atoms with Crippen LogP contribution in [0, 0.1) is 17.8 Å². The molecule has 1 aromatic carbocycles. The van der Waals surface area contributed by atoms with Crippen LogP contribution in [0.4, 0.5) is 4.39 Å². The zero-order valence-corrected chi connectivity index (χ0v) is 51.6. The van der Waals surface area contributed by atoms with Gasteiger partial charge in [0.05, 0.1) is 47.2 Å². The quantitative estimate of drug-likeness (QED) is 0.131. The molecule has 0 saturated carbocycles. The summed E-state index contributed by atoms with van der Waals surface area (Å²) in [5.74, 6) is -3.70. The first kappa shape index (κ1) is 68.0. The summed E-state index contributed by atoms with van der Waals surface area (Å²) in [5, 5.41) is 68.8. The second kappa shape index (κ2) is 29.1. The predicted molar refractivity (Wildman–Crippen MR) is 304 cm³/mol. The Labute approximate surface area is 489 Å². The summed E-state index contributed by atoms with van der Waals surface area (Å²) in [6.07, 6.45) is -5.74. The van der Waals surface area contributed by atoms with Gasteiger partial charge in [-0.25, -0.2) is 9.07 Å². The van der Waals surface area contributed by atoms with Gasteiger partial charge in [0, 0.05) is 84.4 Å².